The Labute approximate surface area is 133 Å². The van der Waals surface area contributed by atoms with E-state index in [4.69, 9.17) is 4.74 Å². The lowest BCUT2D eigenvalue weighted by Gasteiger charge is -2.22. The van der Waals surface area contributed by atoms with Gasteiger partial charge >= 0.3 is 0 Å². The minimum atomic E-state index is -0.0888. The van der Waals surface area contributed by atoms with Crippen molar-refractivity contribution in [3.63, 3.8) is 0 Å². The van der Waals surface area contributed by atoms with E-state index in [0.29, 0.717) is 19.7 Å². The Balaban J connectivity index is 2.51. The van der Waals surface area contributed by atoms with E-state index in [1.807, 2.05) is 24.3 Å². The number of rotatable bonds is 8. The number of ether oxygens (including phenoxy) is 1. The quantitative estimate of drug-likeness (QED) is 0.727. The Morgan fingerprint density at radius 2 is 2.05 bits per heavy atom. The SMILES string of the molecule is COCCCNC(=O)CCN(C(C)=O)c1ccccc1Br. The lowest BCUT2D eigenvalue weighted by atomic mass is 10.2. The van der Waals surface area contributed by atoms with Crippen LogP contribution in [0.2, 0.25) is 0 Å². The fraction of sp³-hybridized carbons (Fsp3) is 0.467. The Morgan fingerprint density at radius 1 is 1.33 bits per heavy atom. The molecule has 0 radical (unpaired) electrons. The van der Waals surface area contributed by atoms with E-state index in [2.05, 4.69) is 21.2 Å². The minimum Gasteiger partial charge on any atom is -0.385 e. The van der Waals surface area contributed by atoms with Gasteiger partial charge in [0.05, 0.1) is 5.69 Å². The molecule has 0 saturated heterocycles. The molecular weight excluding hydrogens is 336 g/mol. The van der Waals surface area contributed by atoms with Gasteiger partial charge < -0.3 is 15.0 Å². The van der Waals surface area contributed by atoms with Gasteiger partial charge in [0.15, 0.2) is 0 Å². The first-order valence-corrected chi connectivity index (χ1v) is 7.64. The van der Waals surface area contributed by atoms with Crippen molar-refractivity contribution in [3.8, 4) is 0 Å². The van der Waals surface area contributed by atoms with Crippen LogP contribution in [0.4, 0.5) is 5.69 Å². The molecule has 0 saturated carbocycles. The predicted molar refractivity (Wildman–Crippen MR) is 86.3 cm³/mol. The average Bonchev–Trinajstić information content (AvgIpc) is 2.45. The van der Waals surface area contributed by atoms with Crippen molar-refractivity contribution in [2.75, 3.05) is 31.7 Å². The number of hydrogen-bond donors (Lipinski definition) is 1. The van der Waals surface area contributed by atoms with Gasteiger partial charge in [-0.05, 0) is 34.5 Å². The summed E-state index contributed by atoms with van der Waals surface area (Å²) >= 11 is 3.42. The molecule has 1 aromatic carbocycles. The van der Waals surface area contributed by atoms with Gasteiger partial charge in [0.25, 0.3) is 0 Å². The Hall–Kier alpha value is -1.40. The first-order valence-electron chi connectivity index (χ1n) is 6.84. The van der Waals surface area contributed by atoms with E-state index in [9.17, 15) is 9.59 Å². The highest BCUT2D eigenvalue weighted by Gasteiger charge is 2.15. The fourth-order valence-electron chi connectivity index (χ4n) is 1.86. The maximum Gasteiger partial charge on any atom is 0.223 e. The van der Waals surface area contributed by atoms with Crippen LogP contribution >= 0.6 is 15.9 Å². The smallest absolute Gasteiger partial charge is 0.223 e. The Bertz CT molecular complexity index is 480. The largest absolute Gasteiger partial charge is 0.385 e. The molecule has 0 aliphatic rings. The Morgan fingerprint density at radius 3 is 2.67 bits per heavy atom. The highest BCUT2D eigenvalue weighted by Crippen LogP contribution is 2.25. The summed E-state index contributed by atoms with van der Waals surface area (Å²) in [7, 11) is 1.63. The van der Waals surface area contributed by atoms with E-state index in [1.54, 1.807) is 12.0 Å². The predicted octanol–water partition coefficient (Wildman–Crippen LogP) is 2.34. The molecule has 0 aliphatic carbocycles. The number of anilines is 1. The molecule has 0 bridgehead atoms. The summed E-state index contributed by atoms with van der Waals surface area (Å²) in [5.41, 5.74) is 0.775. The maximum atomic E-state index is 11.8. The van der Waals surface area contributed by atoms with Gasteiger partial charge in [-0.3, -0.25) is 9.59 Å². The summed E-state index contributed by atoms with van der Waals surface area (Å²) in [5, 5.41) is 2.81. The van der Waals surface area contributed by atoms with E-state index >= 15 is 0 Å². The number of methoxy groups -OCH3 is 1. The number of para-hydroxylation sites is 1. The van der Waals surface area contributed by atoms with Crippen LogP contribution in [-0.2, 0) is 14.3 Å². The molecule has 0 atom stereocenters. The van der Waals surface area contributed by atoms with Crippen LogP contribution in [-0.4, -0.2) is 38.6 Å². The molecule has 1 rings (SSSR count). The van der Waals surface area contributed by atoms with Crippen molar-refractivity contribution in [1.82, 2.24) is 5.32 Å². The zero-order valence-corrected chi connectivity index (χ0v) is 14.0. The number of nitrogens with one attached hydrogen (secondary N) is 1. The second kappa shape index (κ2) is 9.52. The van der Waals surface area contributed by atoms with Gasteiger partial charge in [0.2, 0.25) is 11.8 Å². The zero-order chi connectivity index (χ0) is 15.7. The number of nitrogens with zero attached hydrogens (tertiary/aromatic N) is 1. The van der Waals surface area contributed by atoms with Crippen molar-refractivity contribution < 1.29 is 14.3 Å². The minimum absolute atomic E-state index is 0.0654. The number of carbonyl (C=O) groups excluding carboxylic acids is 2. The third-order valence-corrected chi connectivity index (χ3v) is 3.60. The third kappa shape index (κ3) is 6.27. The highest BCUT2D eigenvalue weighted by atomic mass is 79.9. The third-order valence-electron chi connectivity index (χ3n) is 2.93. The molecular formula is C15H21BrN2O3. The van der Waals surface area contributed by atoms with Gasteiger partial charge in [-0.25, -0.2) is 0 Å². The van der Waals surface area contributed by atoms with Crippen LogP contribution in [0.3, 0.4) is 0 Å². The molecule has 2 amide bonds. The molecule has 0 unspecified atom stereocenters. The standard InChI is InChI=1S/C15H21BrN2O3/c1-12(19)18(14-7-4-3-6-13(14)16)10-8-15(20)17-9-5-11-21-2/h3-4,6-7H,5,8-11H2,1-2H3,(H,17,20). The summed E-state index contributed by atoms with van der Waals surface area (Å²) < 4.78 is 5.75. The molecule has 0 heterocycles. The number of carbonyl (C=O) groups is 2. The topological polar surface area (TPSA) is 58.6 Å². The first kappa shape index (κ1) is 17.7. The molecule has 0 aromatic heterocycles. The van der Waals surface area contributed by atoms with Crippen LogP contribution in [0.15, 0.2) is 28.7 Å². The lowest BCUT2D eigenvalue weighted by molar-refractivity contribution is -0.121. The summed E-state index contributed by atoms with van der Waals surface area (Å²) in [4.78, 5) is 25.1. The van der Waals surface area contributed by atoms with Gasteiger partial charge in [0, 0.05) is 44.6 Å². The second-order valence-electron chi connectivity index (χ2n) is 4.57. The zero-order valence-electron chi connectivity index (χ0n) is 12.4. The number of amides is 2. The van der Waals surface area contributed by atoms with Gasteiger partial charge in [-0.15, -0.1) is 0 Å². The number of benzene rings is 1. The maximum absolute atomic E-state index is 11.8. The van der Waals surface area contributed by atoms with E-state index < -0.39 is 0 Å². The van der Waals surface area contributed by atoms with Crippen molar-refractivity contribution in [2.45, 2.75) is 19.8 Å². The summed E-state index contributed by atoms with van der Waals surface area (Å²) in [5.74, 6) is -0.154. The van der Waals surface area contributed by atoms with E-state index in [0.717, 1.165) is 16.6 Å². The van der Waals surface area contributed by atoms with Crippen LogP contribution in [0.25, 0.3) is 0 Å². The van der Waals surface area contributed by atoms with Gasteiger partial charge in [0.1, 0.15) is 0 Å². The van der Waals surface area contributed by atoms with E-state index in [1.165, 1.54) is 6.92 Å². The molecule has 116 valence electrons. The number of hydrogen-bond acceptors (Lipinski definition) is 3. The van der Waals surface area contributed by atoms with Gasteiger partial charge in [-0.1, -0.05) is 12.1 Å². The van der Waals surface area contributed by atoms with Crippen LogP contribution < -0.4 is 10.2 Å². The lowest BCUT2D eigenvalue weighted by Crippen LogP contribution is -2.34. The molecule has 5 nitrogen and oxygen atoms in total. The van der Waals surface area contributed by atoms with Crippen molar-refractivity contribution >= 4 is 33.4 Å². The highest BCUT2D eigenvalue weighted by molar-refractivity contribution is 9.10. The monoisotopic (exact) mass is 356 g/mol. The normalized spacial score (nSPS) is 10.2. The first-order chi connectivity index (χ1) is 10.1. The second-order valence-corrected chi connectivity index (χ2v) is 5.42. The van der Waals surface area contributed by atoms with Crippen LogP contribution in [0.5, 0.6) is 0 Å². The van der Waals surface area contributed by atoms with E-state index in [-0.39, 0.29) is 18.2 Å². The molecule has 1 aromatic rings. The molecule has 6 heteroatoms. The van der Waals surface area contributed by atoms with Crippen molar-refractivity contribution in [2.24, 2.45) is 0 Å². The molecule has 0 spiro atoms. The van der Waals surface area contributed by atoms with Gasteiger partial charge in [-0.2, -0.15) is 0 Å². The molecule has 1 N–H and O–H groups in total. The molecule has 0 aliphatic heterocycles. The van der Waals surface area contributed by atoms with Crippen LogP contribution in [0, 0.1) is 0 Å². The number of halogens is 1. The molecule has 0 fully saturated rings. The Kier molecular flexibility index (Phi) is 8.00. The molecule has 21 heavy (non-hydrogen) atoms. The van der Waals surface area contributed by atoms with Crippen molar-refractivity contribution in [3.05, 3.63) is 28.7 Å². The van der Waals surface area contributed by atoms with Crippen LogP contribution in [0.1, 0.15) is 19.8 Å². The fourth-order valence-corrected chi connectivity index (χ4v) is 2.36. The summed E-state index contributed by atoms with van der Waals surface area (Å²) in [6, 6.07) is 7.47. The average molecular weight is 357 g/mol. The summed E-state index contributed by atoms with van der Waals surface area (Å²) in [6.45, 7) is 3.06. The van der Waals surface area contributed by atoms with Crippen molar-refractivity contribution in [1.29, 1.82) is 0 Å². The summed E-state index contributed by atoms with van der Waals surface area (Å²) in [6.07, 6.45) is 1.05.